The average molecular weight is 706 g/mol. The van der Waals surface area contributed by atoms with Gasteiger partial charge in [0.15, 0.2) is 5.71 Å². The SMILES string of the molecule is CC1\C(=C/C=C/C=C/C2=[N+](CCCCS(=O)(=O)O)c3ccc(Cl)cc3C2(C)C)N(CCCCCC(=O)O)c2ccc(S(=O)(=O)O)cc21. The molecule has 2 aliphatic heterocycles. The van der Waals surface area contributed by atoms with Gasteiger partial charge in [0.25, 0.3) is 20.2 Å². The molecule has 0 aromatic heterocycles. The minimum Gasteiger partial charge on any atom is -0.481 e. The fourth-order valence-corrected chi connectivity index (χ4v) is 7.59. The number of benzene rings is 2. The van der Waals surface area contributed by atoms with E-state index >= 15 is 0 Å². The molecule has 0 aliphatic carbocycles. The number of nitrogens with zero attached hydrogens (tertiary/aromatic N) is 2. The lowest BCUT2D eigenvalue weighted by Gasteiger charge is -2.22. The molecule has 13 heteroatoms. The van der Waals surface area contributed by atoms with Crippen molar-refractivity contribution in [2.24, 2.45) is 0 Å². The smallest absolute Gasteiger partial charge is 0.303 e. The second-order valence-corrected chi connectivity index (χ2v) is 15.9. The van der Waals surface area contributed by atoms with Crippen LogP contribution in [0, 0.1) is 0 Å². The summed E-state index contributed by atoms with van der Waals surface area (Å²) >= 11 is 6.35. The number of carboxylic acid groups (broad SMARTS) is 1. The maximum absolute atomic E-state index is 11.8. The van der Waals surface area contributed by atoms with Crippen molar-refractivity contribution in [1.82, 2.24) is 0 Å². The zero-order valence-corrected chi connectivity index (χ0v) is 29.2. The molecule has 3 N–H and O–H groups in total. The Hall–Kier alpha value is -3.29. The number of hydrogen-bond donors (Lipinski definition) is 3. The average Bonchev–Trinajstić information content (AvgIpc) is 3.35. The summed E-state index contributed by atoms with van der Waals surface area (Å²) in [5.41, 5.74) is 5.28. The van der Waals surface area contributed by atoms with Crippen LogP contribution >= 0.6 is 11.6 Å². The lowest BCUT2D eigenvalue weighted by molar-refractivity contribution is -0.438. The molecule has 2 heterocycles. The molecular formula is C34H42ClN2O8S2+. The number of carbonyl (C=O) groups is 1. The highest BCUT2D eigenvalue weighted by Gasteiger charge is 2.44. The third-order valence-corrected chi connectivity index (χ3v) is 10.6. The molecule has 10 nitrogen and oxygen atoms in total. The summed E-state index contributed by atoms with van der Waals surface area (Å²) in [7, 11) is -8.40. The molecule has 0 amide bonds. The van der Waals surface area contributed by atoms with E-state index in [9.17, 15) is 26.2 Å². The van der Waals surface area contributed by atoms with Crippen LogP contribution in [0.3, 0.4) is 0 Å². The van der Waals surface area contributed by atoms with Crippen LogP contribution in [0.25, 0.3) is 0 Å². The van der Waals surface area contributed by atoms with Crippen molar-refractivity contribution in [1.29, 1.82) is 0 Å². The normalized spacial score (nSPS) is 18.6. The Morgan fingerprint density at radius 1 is 0.979 bits per heavy atom. The summed E-state index contributed by atoms with van der Waals surface area (Å²) in [5.74, 6) is -1.27. The largest absolute Gasteiger partial charge is 0.481 e. The van der Waals surface area contributed by atoms with Gasteiger partial charge in [0, 0.05) is 59.4 Å². The minimum atomic E-state index is -4.37. The van der Waals surface area contributed by atoms with E-state index in [0.29, 0.717) is 37.4 Å². The van der Waals surface area contributed by atoms with Gasteiger partial charge in [-0.25, -0.2) is 0 Å². The zero-order valence-electron chi connectivity index (χ0n) is 26.8. The van der Waals surface area contributed by atoms with Gasteiger partial charge in [0.1, 0.15) is 6.54 Å². The van der Waals surface area contributed by atoms with Crippen molar-refractivity contribution < 1.29 is 40.4 Å². The van der Waals surface area contributed by atoms with Crippen LogP contribution in [0.5, 0.6) is 0 Å². The quantitative estimate of drug-likeness (QED) is 0.0778. The Bertz CT molecular complexity index is 1860. The number of allylic oxidation sites excluding steroid dienone is 6. The number of fused-ring (bicyclic) bond motifs is 2. The van der Waals surface area contributed by atoms with E-state index in [1.807, 2.05) is 55.5 Å². The summed E-state index contributed by atoms with van der Waals surface area (Å²) in [4.78, 5) is 12.9. The zero-order chi connectivity index (χ0) is 34.6. The van der Waals surface area contributed by atoms with Gasteiger partial charge in [-0.3, -0.25) is 13.9 Å². The van der Waals surface area contributed by atoms with E-state index in [4.69, 9.17) is 21.3 Å². The van der Waals surface area contributed by atoms with Gasteiger partial charge in [0.05, 0.1) is 16.1 Å². The minimum absolute atomic E-state index is 0.110. The first-order valence-electron chi connectivity index (χ1n) is 15.6. The van der Waals surface area contributed by atoms with Gasteiger partial charge in [-0.1, -0.05) is 43.2 Å². The lowest BCUT2D eigenvalue weighted by Crippen LogP contribution is -2.28. The van der Waals surface area contributed by atoms with Crippen LogP contribution in [0.2, 0.25) is 5.02 Å². The molecule has 2 aromatic carbocycles. The molecule has 1 unspecified atom stereocenters. The molecule has 0 bridgehead atoms. The molecular weight excluding hydrogens is 664 g/mol. The molecule has 47 heavy (non-hydrogen) atoms. The van der Waals surface area contributed by atoms with Gasteiger partial charge in [-0.05, 0) is 75.1 Å². The van der Waals surface area contributed by atoms with Crippen LogP contribution < -0.4 is 4.90 Å². The van der Waals surface area contributed by atoms with Crippen molar-refractivity contribution >= 4 is 54.9 Å². The van der Waals surface area contributed by atoms with E-state index in [-0.39, 0.29) is 28.4 Å². The summed E-state index contributed by atoms with van der Waals surface area (Å²) in [6.45, 7) is 7.38. The highest BCUT2D eigenvalue weighted by molar-refractivity contribution is 7.86. The first-order valence-corrected chi connectivity index (χ1v) is 19.0. The molecule has 0 saturated heterocycles. The molecule has 4 rings (SSSR count). The van der Waals surface area contributed by atoms with Crippen molar-refractivity contribution in [2.75, 3.05) is 23.7 Å². The number of unbranched alkanes of at least 4 members (excludes halogenated alkanes) is 3. The van der Waals surface area contributed by atoms with Crippen LogP contribution in [-0.2, 0) is 30.4 Å². The van der Waals surface area contributed by atoms with Gasteiger partial charge < -0.3 is 10.0 Å². The molecule has 1 atom stereocenters. The van der Waals surface area contributed by atoms with Crippen LogP contribution in [0.1, 0.15) is 76.3 Å². The van der Waals surface area contributed by atoms with Gasteiger partial charge in [-0.2, -0.15) is 21.4 Å². The van der Waals surface area contributed by atoms with Crippen LogP contribution in [0.15, 0.2) is 77.4 Å². The Morgan fingerprint density at radius 3 is 2.40 bits per heavy atom. The fourth-order valence-electron chi connectivity index (χ4n) is 6.33. The van der Waals surface area contributed by atoms with Crippen molar-refractivity contribution in [3.8, 4) is 0 Å². The van der Waals surface area contributed by atoms with Crippen molar-refractivity contribution in [2.45, 2.75) is 75.5 Å². The first-order chi connectivity index (χ1) is 22.0. The number of aliphatic carboxylic acids is 1. The second kappa shape index (κ2) is 14.9. The summed E-state index contributed by atoms with van der Waals surface area (Å²) in [6, 6.07) is 10.3. The van der Waals surface area contributed by atoms with Crippen LogP contribution in [-0.4, -0.2) is 66.1 Å². The van der Waals surface area contributed by atoms with Gasteiger partial charge in [0.2, 0.25) is 5.69 Å². The third kappa shape index (κ3) is 8.99. The maximum atomic E-state index is 11.8. The van der Waals surface area contributed by atoms with Crippen molar-refractivity contribution in [3.05, 3.63) is 88.6 Å². The first kappa shape index (κ1) is 36.5. The Morgan fingerprint density at radius 2 is 1.72 bits per heavy atom. The maximum Gasteiger partial charge on any atom is 0.303 e. The van der Waals surface area contributed by atoms with Gasteiger partial charge in [-0.15, -0.1) is 0 Å². The predicted octanol–water partition coefficient (Wildman–Crippen LogP) is 6.90. The van der Waals surface area contributed by atoms with Crippen LogP contribution in [0.4, 0.5) is 11.4 Å². The van der Waals surface area contributed by atoms with E-state index in [1.165, 1.54) is 12.1 Å². The van der Waals surface area contributed by atoms with E-state index in [0.717, 1.165) is 46.8 Å². The molecule has 254 valence electrons. The Labute approximate surface area is 282 Å². The monoisotopic (exact) mass is 705 g/mol. The molecule has 0 saturated carbocycles. The van der Waals surface area contributed by atoms with E-state index < -0.39 is 26.2 Å². The number of hydrogen-bond acceptors (Lipinski definition) is 6. The number of rotatable bonds is 15. The highest BCUT2D eigenvalue weighted by atomic mass is 35.5. The fraction of sp³-hybridized carbons (Fsp3) is 0.412. The molecule has 0 radical (unpaired) electrons. The summed E-state index contributed by atoms with van der Waals surface area (Å²) < 4.78 is 67.1. The number of halogens is 1. The predicted molar refractivity (Wildman–Crippen MR) is 184 cm³/mol. The summed E-state index contributed by atoms with van der Waals surface area (Å²) in [5, 5.41) is 9.59. The van der Waals surface area contributed by atoms with E-state index in [2.05, 4.69) is 23.3 Å². The Balaban J connectivity index is 1.59. The molecule has 0 spiro atoms. The Kier molecular flexibility index (Phi) is 11.6. The molecule has 0 fully saturated rings. The van der Waals surface area contributed by atoms with E-state index in [1.54, 1.807) is 6.07 Å². The molecule has 2 aromatic rings. The highest BCUT2D eigenvalue weighted by Crippen LogP contribution is 2.45. The summed E-state index contributed by atoms with van der Waals surface area (Å²) in [6.07, 6.45) is 12.8. The standard InChI is InChI=1S/C34H41ClN2O8S2/c1-24-27-23-26(47(43,44)45)16-18-30(27)36(19-9-5-8-14-33(38)39)29(24)12-6-4-7-13-32-34(2,3)28-22-25(35)15-17-31(28)37(32)20-10-11-21-46(40,41)42/h4,6-7,12-13,15-18,22-24H,5,8-11,14,19-21H2,1-3H3,(H2-,38,39,40,41,42,43,44,45)/p+1. The van der Waals surface area contributed by atoms with Crippen molar-refractivity contribution in [3.63, 3.8) is 0 Å². The number of anilines is 1. The van der Waals surface area contributed by atoms with Gasteiger partial charge >= 0.3 is 5.97 Å². The lowest BCUT2D eigenvalue weighted by atomic mass is 9.81. The molecule has 2 aliphatic rings. The number of carboxylic acids is 1. The second-order valence-electron chi connectivity index (χ2n) is 12.4. The topological polar surface area (TPSA) is 152 Å². The third-order valence-electron chi connectivity index (χ3n) is 8.71.